The molecular formula is C25H25N3O7S. The van der Waals surface area contributed by atoms with Crippen molar-refractivity contribution in [1.29, 1.82) is 0 Å². The molecule has 0 unspecified atom stereocenters. The smallest absolute Gasteiger partial charge is 0.434 e. The second-order valence-electron chi connectivity index (χ2n) is 7.55. The van der Waals surface area contributed by atoms with Crippen LogP contribution in [0.25, 0.3) is 0 Å². The van der Waals surface area contributed by atoms with Crippen molar-refractivity contribution in [2.24, 2.45) is 0 Å². The lowest BCUT2D eigenvalue weighted by Gasteiger charge is -2.13. The van der Waals surface area contributed by atoms with Crippen LogP contribution in [0.3, 0.4) is 0 Å². The van der Waals surface area contributed by atoms with E-state index < -0.39 is 16.2 Å². The molecule has 10 nitrogen and oxygen atoms in total. The lowest BCUT2D eigenvalue weighted by Crippen LogP contribution is -2.24. The molecule has 3 N–H and O–H groups in total. The zero-order chi connectivity index (χ0) is 26.1. The molecule has 0 saturated carbocycles. The van der Waals surface area contributed by atoms with Crippen LogP contribution in [0.1, 0.15) is 33.2 Å². The summed E-state index contributed by atoms with van der Waals surface area (Å²) in [4.78, 5) is 36.6. The van der Waals surface area contributed by atoms with Crippen LogP contribution in [0, 0.1) is 0 Å². The fraction of sp³-hybridized carbons (Fsp3) is 0.160. The standard InChI is InChI=1S/C25H25N3O7S/c1-3-34-25(31)35-21-14-10-18(11-15-21)24(30)27-22-7-5-4-6-19(22)16-26-23(29)17-8-12-20(13-9-17)28-36(2,32)33/h4-15,28H,3,16H2,1-2H3,(H,26,29)(H,27,30). The Morgan fingerprint density at radius 2 is 1.44 bits per heavy atom. The maximum Gasteiger partial charge on any atom is 0.513 e. The Kier molecular flexibility index (Phi) is 8.63. The Hall–Kier alpha value is -4.38. The molecular weight excluding hydrogens is 486 g/mol. The van der Waals surface area contributed by atoms with Crippen LogP contribution in [0.4, 0.5) is 16.2 Å². The Balaban J connectivity index is 1.61. The van der Waals surface area contributed by atoms with Crippen molar-refractivity contribution in [1.82, 2.24) is 5.32 Å². The number of rotatable bonds is 9. The molecule has 0 aliphatic heterocycles. The highest BCUT2D eigenvalue weighted by Crippen LogP contribution is 2.19. The maximum absolute atomic E-state index is 12.7. The van der Waals surface area contributed by atoms with Crippen LogP contribution >= 0.6 is 0 Å². The predicted molar refractivity (Wildman–Crippen MR) is 135 cm³/mol. The van der Waals surface area contributed by atoms with E-state index in [1.807, 2.05) is 0 Å². The van der Waals surface area contributed by atoms with Crippen molar-refractivity contribution in [2.75, 3.05) is 22.9 Å². The van der Waals surface area contributed by atoms with Gasteiger partial charge in [0, 0.05) is 29.0 Å². The lowest BCUT2D eigenvalue weighted by molar-refractivity contribution is 0.0949. The molecule has 0 aromatic heterocycles. The number of ether oxygens (including phenoxy) is 2. The van der Waals surface area contributed by atoms with Gasteiger partial charge in [-0.3, -0.25) is 14.3 Å². The number of carbonyl (C=O) groups is 3. The van der Waals surface area contributed by atoms with Crippen LogP contribution in [-0.2, 0) is 21.3 Å². The molecule has 3 aromatic rings. The molecule has 0 radical (unpaired) electrons. The maximum atomic E-state index is 12.7. The fourth-order valence-corrected chi connectivity index (χ4v) is 3.65. The van der Waals surface area contributed by atoms with Crippen molar-refractivity contribution in [3.05, 3.63) is 89.5 Å². The minimum absolute atomic E-state index is 0.144. The Morgan fingerprint density at radius 3 is 2.08 bits per heavy atom. The highest BCUT2D eigenvalue weighted by molar-refractivity contribution is 7.92. The van der Waals surface area contributed by atoms with Gasteiger partial charge in [0.25, 0.3) is 11.8 Å². The fourth-order valence-electron chi connectivity index (χ4n) is 3.09. The summed E-state index contributed by atoms with van der Waals surface area (Å²) in [6, 6.07) is 19.0. The van der Waals surface area contributed by atoms with E-state index in [1.54, 1.807) is 31.2 Å². The highest BCUT2D eigenvalue weighted by atomic mass is 32.2. The van der Waals surface area contributed by atoms with E-state index in [9.17, 15) is 22.8 Å². The van der Waals surface area contributed by atoms with Crippen molar-refractivity contribution < 1.29 is 32.3 Å². The third kappa shape index (κ3) is 7.84. The van der Waals surface area contributed by atoms with E-state index in [0.29, 0.717) is 28.1 Å². The third-order valence-electron chi connectivity index (χ3n) is 4.74. The minimum atomic E-state index is -3.41. The number of carbonyl (C=O) groups excluding carboxylic acids is 3. The van der Waals surface area contributed by atoms with Gasteiger partial charge in [-0.2, -0.15) is 0 Å². The lowest BCUT2D eigenvalue weighted by atomic mass is 10.1. The van der Waals surface area contributed by atoms with Gasteiger partial charge in [-0.1, -0.05) is 18.2 Å². The molecule has 36 heavy (non-hydrogen) atoms. The number of hydrogen-bond acceptors (Lipinski definition) is 7. The molecule has 0 spiro atoms. The number of benzene rings is 3. The van der Waals surface area contributed by atoms with Gasteiger partial charge in [-0.15, -0.1) is 0 Å². The molecule has 0 saturated heterocycles. The summed E-state index contributed by atoms with van der Waals surface area (Å²) in [5.74, 6) is -0.502. The predicted octanol–water partition coefficient (Wildman–Crippen LogP) is 3.78. The van der Waals surface area contributed by atoms with Crippen molar-refractivity contribution >= 4 is 39.4 Å². The summed E-state index contributed by atoms with van der Waals surface area (Å²) in [7, 11) is -3.41. The first-order valence-corrected chi connectivity index (χ1v) is 12.7. The second kappa shape index (κ2) is 11.8. The average molecular weight is 512 g/mol. The first-order valence-electron chi connectivity index (χ1n) is 10.8. The quantitative estimate of drug-likeness (QED) is 0.293. The Bertz CT molecular complexity index is 1340. The van der Waals surface area contributed by atoms with E-state index in [-0.39, 0.29) is 30.7 Å². The molecule has 2 amide bonds. The topological polar surface area (TPSA) is 140 Å². The first kappa shape index (κ1) is 26.2. The Labute approximate surface area is 208 Å². The van der Waals surface area contributed by atoms with Gasteiger partial charge in [0.05, 0.1) is 12.9 Å². The normalized spacial score (nSPS) is 10.7. The third-order valence-corrected chi connectivity index (χ3v) is 5.34. The van der Waals surface area contributed by atoms with E-state index in [1.165, 1.54) is 48.5 Å². The van der Waals surface area contributed by atoms with Crippen LogP contribution in [0.5, 0.6) is 5.75 Å². The number of amides is 2. The zero-order valence-corrected chi connectivity index (χ0v) is 20.4. The van der Waals surface area contributed by atoms with E-state index in [0.717, 1.165) is 6.26 Å². The van der Waals surface area contributed by atoms with Gasteiger partial charge in [-0.25, -0.2) is 13.2 Å². The summed E-state index contributed by atoms with van der Waals surface area (Å²) in [5, 5.41) is 5.60. The number of nitrogens with one attached hydrogen (secondary N) is 3. The average Bonchev–Trinajstić information content (AvgIpc) is 2.83. The number of anilines is 2. The minimum Gasteiger partial charge on any atom is -0.434 e. The van der Waals surface area contributed by atoms with Crippen LogP contribution in [0.2, 0.25) is 0 Å². The summed E-state index contributed by atoms with van der Waals surface area (Å²) < 4.78 is 34.6. The SMILES string of the molecule is CCOC(=O)Oc1ccc(C(=O)Nc2ccccc2CNC(=O)c2ccc(NS(C)(=O)=O)cc2)cc1. The molecule has 0 atom stereocenters. The van der Waals surface area contributed by atoms with Gasteiger partial charge in [0.1, 0.15) is 5.75 Å². The van der Waals surface area contributed by atoms with Gasteiger partial charge < -0.3 is 20.1 Å². The van der Waals surface area contributed by atoms with Gasteiger partial charge in [0.15, 0.2) is 0 Å². The van der Waals surface area contributed by atoms with Gasteiger partial charge >= 0.3 is 6.16 Å². The molecule has 0 fully saturated rings. The largest absolute Gasteiger partial charge is 0.513 e. The highest BCUT2D eigenvalue weighted by Gasteiger charge is 2.12. The summed E-state index contributed by atoms with van der Waals surface area (Å²) in [6.07, 6.45) is 0.215. The number of sulfonamides is 1. The van der Waals surface area contributed by atoms with Crippen molar-refractivity contribution in [2.45, 2.75) is 13.5 Å². The first-order chi connectivity index (χ1) is 17.1. The number of para-hydroxylation sites is 1. The van der Waals surface area contributed by atoms with Crippen LogP contribution < -0.4 is 20.1 Å². The molecule has 188 valence electrons. The van der Waals surface area contributed by atoms with Gasteiger partial charge in [-0.05, 0) is 67.1 Å². The molecule has 0 heterocycles. The van der Waals surface area contributed by atoms with Crippen molar-refractivity contribution in [3.8, 4) is 5.75 Å². The summed E-state index contributed by atoms with van der Waals surface area (Å²) >= 11 is 0. The molecule has 0 aliphatic carbocycles. The van der Waals surface area contributed by atoms with E-state index in [4.69, 9.17) is 9.47 Å². The van der Waals surface area contributed by atoms with Crippen LogP contribution in [0.15, 0.2) is 72.8 Å². The monoisotopic (exact) mass is 511 g/mol. The molecule has 11 heteroatoms. The summed E-state index contributed by atoms with van der Waals surface area (Å²) in [5.41, 5.74) is 2.23. The van der Waals surface area contributed by atoms with Gasteiger partial charge in [0.2, 0.25) is 10.0 Å². The molecule has 0 bridgehead atoms. The van der Waals surface area contributed by atoms with E-state index >= 15 is 0 Å². The van der Waals surface area contributed by atoms with E-state index in [2.05, 4.69) is 15.4 Å². The second-order valence-corrected chi connectivity index (χ2v) is 9.30. The summed E-state index contributed by atoms with van der Waals surface area (Å²) in [6.45, 7) is 2.00. The zero-order valence-electron chi connectivity index (χ0n) is 19.6. The Morgan fingerprint density at radius 1 is 0.833 bits per heavy atom. The molecule has 0 aliphatic rings. The number of hydrogen-bond donors (Lipinski definition) is 3. The molecule has 3 aromatic carbocycles. The van der Waals surface area contributed by atoms with Crippen LogP contribution in [-0.4, -0.2) is 39.3 Å². The van der Waals surface area contributed by atoms with Crippen molar-refractivity contribution in [3.63, 3.8) is 0 Å². The molecule has 3 rings (SSSR count).